The van der Waals surface area contributed by atoms with Gasteiger partial charge in [0.15, 0.2) is 0 Å². The molecule has 1 unspecified atom stereocenters. The van der Waals surface area contributed by atoms with Crippen LogP contribution in [-0.4, -0.2) is 24.0 Å². The Morgan fingerprint density at radius 1 is 1.71 bits per heavy atom. The van der Waals surface area contributed by atoms with E-state index in [1.807, 2.05) is 12.4 Å². The lowest BCUT2D eigenvalue weighted by molar-refractivity contribution is -0.122. The van der Waals surface area contributed by atoms with Crippen molar-refractivity contribution in [2.75, 3.05) is 13.1 Å². The van der Waals surface area contributed by atoms with Gasteiger partial charge < -0.3 is 10.6 Å². The molecule has 5 heteroatoms. The third-order valence-corrected chi connectivity index (χ3v) is 4.10. The van der Waals surface area contributed by atoms with Gasteiger partial charge in [0.25, 0.3) is 0 Å². The summed E-state index contributed by atoms with van der Waals surface area (Å²) in [5.41, 5.74) is 2.84. The van der Waals surface area contributed by atoms with Crippen LogP contribution in [-0.2, 0) is 11.3 Å². The number of hydrogen-bond acceptors (Lipinski definition) is 4. The minimum atomic E-state index is 0.159. The second kappa shape index (κ2) is 6.12. The quantitative estimate of drug-likeness (QED) is 0.854. The smallest absolute Gasteiger partial charge is 0.220 e. The second-order valence-corrected chi connectivity index (χ2v) is 5.49. The molecule has 1 saturated heterocycles. The van der Waals surface area contributed by atoms with Gasteiger partial charge in [0.2, 0.25) is 5.91 Å². The highest BCUT2D eigenvalue weighted by molar-refractivity contribution is 7.09. The van der Waals surface area contributed by atoms with Crippen LogP contribution >= 0.6 is 11.3 Å². The number of carbonyl (C=O) groups is 1. The van der Waals surface area contributed by atoms with Crippen molar-refractivity contribution in [3.05, 3.63) is 16.1 Å². The van der Waals surface area contributed by atoms with Gasteiger partial charge in [-0.3, -0.25) is 4.79 Å². The lowest BCUT2D eigenvalue weighted by Gasteiger charge is -2.21. The van der Waals surface area contributed by atoms with Crippen molar-refractivity contribution in [1.29, 1.82) is 0 Å². The first kappa shape index (κ1) is 12.5. The molecular weight excluding hydrogens is 234 g/mol. The largest absolute Gasteiger partial charge is 0.351 e. The Labute approximate surface area is 106 Å². The first-order chi connectivity index (χ1) is 8.25. The predicted molar refractivity (Wildman–Crippen MR) is 68.9 cm³/mol. The average Bonchev–Trinajstić information content (AvgIpc) is 2.74. The van der Waals surface area contributed by atoms with Crippen LogP contribution in [0, 0.1) is 12.8 Å². The summed E-state index contributed by atoms with van der Waals surface area (Å²) in [6.45, 7) is 4.67. The Morgan fingerprint density at radius 3 is 3.24 bits per heavy atom. The summed E-state index contributed by atoms with van der Waals surface area (Å²) in [6, 6.07) is 0. The van der Waals surface area contributed by atoms with E-state index in [1.54, 1.807) is 11.3 Å². The van der Waals surface area contributed by atoms with Crippen molar-refractivity contribution in [1.82, 2.24) is 15.6 Å². The number of aryl methyl sites for hydroxylation is 1. The predicted octanol–water partition coefficient (Wildman–Crippen LogP) is 1.46. The van der Waals surface area contributed by atoms with E-state index >= 15 is 0 Å². The van der Waals surface area contributed by atoms with E-state index in [1.165, 1.54) is 12.8 Å². The van der Waals surface area contributed by atoms with E-state index in [0.717, 1.165) is 23.7 Å². The Kier molecular flexibility index (Phi) is 4.50. The number of amides is 1. The first-order valence-corrected chi connectivity index (χ1v) is 7.00. The molecule has 0 saturated carbocycles. The Morgan fingerprint density at radius 2 is 2.59 bits per heavy atom. The van der Waals surface area contributed by atoms with Crippen LogP contribution in [0.3, 0.4) is 0 Å². The van der Waals surface area contributed by atoms with Gasteiger partial charge in [0.1, 0.15) is 0 Å². The number of carbonyl (C=O) groups excluding carboxylic acids is 1. The molecule has 1 aliphatic rings. The van der Waals surface area contributed by atoms with E-state index in [-0.39, 0.29) is 5.91 Å². The summed E-state index contributed by atoms with van der Waals surface area (Å²) in [5.74, 6) is 0.665. The highest BCUT2D eigenvalue weighted by Crippen LogP contribution is 2.15. The maximum atomic E-state index is 11.8. The molecule has 2 N–H and O–H groups in total. The van der Waals surface area contributed by atoms with Gasteiger partial charge in [-0.25, -0.2) is 4.98 Å². The molecule has 1 aromatic heterocycles. The lowest BCUT2D eigenvalue weighted by Crippen LogP contribution is -2.34. The molecule has 4 nitrogen and oxygen atoms in total. The number of nitrogens with zero attached hydrogens (tertiary/aromatic N) is 1. The van der Waals surface area contributed by atoms with Gasteiger partial charge in [0.05, 0.1) is 17.7 Å². The van der Waals surface area contributed by atoms with E-state index < -0.39 is 0 Å². The van der Waals surface area contributed by atoms with Gasteiger partial charge in [-0.1, -0.05) is 0 Å². The molecule has 94 valence electrons. The zero-order chi connectivity index (χ0) is 12.1. The molecule has 17 heavy (non-hydrogen) atoms. The molecule has 2 heterocycles. The monoisotopic (exact) mass is 253 g/mol. The van der Waals surface area contributed by atoms with E-state index in [4.69, 9.17) is 0 Å². The molecule has 1 fully saturated rings. The normalized spacial score (nSPS) is 20.2. The van der Waals surface area contributed by atoms with E-state index in [2.05, 4.69) is 15.6 Å². The number of nitrogens with one attached hydrogen (secondary N) is 2. The third kappa shape index (κ3) is 3.78. The van der Waals surface area contributed by atoms with Crippen LogP contribution in [0.4, 0.5) is 0 Å². The summed E-state index contributed by atoms with van der Waals surface area (Å²) in [6.07, 6.45) is 3.00. The van der Waals surface area contributed by atoms with Gasteiger partial charge in [-0.2, -0.15) is 0 Å². The molecule has 0 spiro atoms. The summed E-state index contributed by atoms with van der Waals surface area (Å²) in [4.78, 5) is 17.1. The van der Waals surface area contributed by atoms with Gasteiger partial charge in [0, 0.05) is 11.3 Å². The average molecular weight is 253 g/mol. The Bertz CT molecular complexity index is 372. The van der Waals surface area contributed by atoms with Crippen molar-refractivity contribution in [3.8, 4) is 0 Å². The summed E-state index contributed by atoms with van der Waals surface area (Å²) >= 11 is 1.60. The molecule has 1 amide bonds. The topological polar surface area (TPSA) is 54.0 Å². The molecule has 1 atom stereocenters. The van der Waals surface area contributed by atoms with Crippen molar-refractivity contribution < 1.29 is 4.79 Å². The molecule has 0 radical (unpaired) electrons. The molecule has 0 bridgehead atoms. The van der Waals surface area contributed by atoms with Gasteiger partial charge in [-0.15, -0.1) is 11.3 Å². The van der Waals surface area contributed by atoms with Crippen molar-refractivity contribution in [3.63, 3.8) is 0 Å². The number of piperidine rings is 1. The molecule has 0 aromatic carbocycles. The summed E-state index contributed by atoms with van der Waals surface area (Å²) in [5, 5.41) is 6.31. The van der Waals surface area contributed by atoms with Gasteiger partial charge >= 0.3 is 0 Å². The minimum absolute atomic E-state index is 0.159. The summed E-state index contributed by atoms with van der Waals surface area (Å²) < 4.78 is 0. The number of rotatable bonds is 4. The molecule has 2 rings (SSSR count). The van der Waals surface area contributed by atoms with Crippen molar-refractivity contribution in [2.24, 2.45) is 5.92 Å². The molecule has 1 aliphatic heterocycles. The zero-order valence-electron chi connectivity index (χ0n) is 10.2. The fraction of sp³-hybridized carbons (Fsp3) is 0.667. The molecular formula is C12H19N3OS. The number of thiazole rings is 1. The molecule has 1 aromatic rings. The minimum Gasteiger partial charge on any atom is -0.351 e. The van der Waals surface area contributed by atoms with Crippen LogP contribution < -0.4 is 10.6 Å². The maximum Gasteiger partial charge on any atom is 0.220 e. The Hall–Kier alpha value is -0.940. The number of hydrogen-bond donors (Lipinski definition) is 2. The highest BCUT2D eigenvalue weighted by atomic mass is 32.1. The SMILES string of the molecule is Cc1ncsc1CNC(=O)CC1CCCNC1. The fourth-order valence-electron chi connectivity index (χ4n) is 2.11. The number of aromatic nitrogens is 1. The van der Waals surface area contributed by atoms with Crippen LogP contribution in [0.15, 0.2) is 5.51 Å². The summed E-state index contributed by atoms with van der Waals surface area (Å²) in [7, 11) is 0. The van der Waals surface area contributed by atoms with Crippen LogP contribution in [0.2, 0.25) is 0 Å². The Balaban J connectivity index is 1.72. The second-order valence-electron chi connectivity index (χ2n) is 4.55. The first-order valence-electron chi connectivity index (χ1n) is 6.12. The lowest BCUT2D eigenvalue weighted by atomic mass is 9.96. The third-order valence-electron chi connectivity index (χ3n) is 3.16. The fourth-order valence-corrected chi connectivity index (χ4v) is 2.82. The van der Waals surface area contributed by atoms with Gasteiger partial charge in [-0.05, 0) is 38.8 Å². The van der Waals surface area contributed by atoms with E-state index in [9.17, 15) is 4.79 Å². The van der Waals surface area contributed by atoms with Crippen molar-refractivity contribution in [2.45, 2.75) is 32.7 Å². The van der Waals surface area contributed by atoms with E-state index in [0.29, 0.717) is 18.9 Å². The zero-order valence-corrected chi connectivity index (χ0v) is 11.0. The molecule has 0 aliphatic carbocycles. The van der Waals surface area contributed by atoms with Crippen LogP contribution in [0.1, 0.15) is 29.8 Å². The maximum absolute atomic E-state index is 11.8. The van der Waals surface area contributed by atoms with Crippen LogP contribution in [0.25, 0.3) is 0 Å². The standard InChI is InChI=1S/C12H19N3OS/c1-9-11(17-8-15-9)7-14-12(16)5-10-3-2-4-13-6-10/h8,10,13H,2-7H2,1H3,(H,14,16). The highest BCUT2D eigenvalue weighted by Gasteiger charge is 2.16. The van der Waals surface area contributed by atoms with Crippen LogP contribution in [0.5, 0.6) is 0 Å². The van der Waals surface area contributed by atoms with Crippen molar-refractivity contribution >= 4 is 17.2 Å².